The Labute approximate surface area is 155 Å². The Bertz CT molecular complexity index is 677. The Morgan fingerprint density at radius 3 is 2.76 bits per heavy atom. The maximum Gasteiger partial charge on any atom is 0.227 e. The first-order chi connectivity index (χ1) is 11.9. The van der Waals surface area contributed by atoms with Gasteiger partial charge in [-0.25, -0.2) is 0 Å². The summed E-state index contributed by atoms with van der Waals surface area (Å²) in [6.07, 6.45) is 5.15. The molecule has 0 spiro atoms. The van der Waals surface area contributed by atoms with Crippen LogP contribution in [0.5, 0.6) is 0 Å². The molecule has 3 aliphatic heterocycles. The normalized spacial score (nSPS) is 23.9. The SMILES string of the molecule is CCc1nn(C)c(Cl)c1CN1C[C@@H]2CC[C@H](C1)N(CC=C(C)C)C2=O. The van der Waals surface area contributed by atoms with Gasteiger partial charge in [-0.1, -0.05) is 30.2 Å². The van der Waals surface area contributed by atoms with Crippen molar-refractivity contribution in [2.75, 3.05) is 19.6 Å². The lowest BCUT2D eigenvalue weighted by molar-refractivity contribution is -0.139. The number of carbonyl (C=O) groups excluding carboxylic acids is 1. The Morgan fingerprint density at radius 1 is 1.32 bits per heavy atom. The maximum absolute atomic E-state index is 12.8. The van der Waals surface area contributed by atoms with Crippen molar-refractivity contribution in [3.05, 3.63) is 28.1 Å². The standard InChI is InChI=1S/C19H29ClN4O/c1-5-17-16(18(20)22(4)21-17)12-23-10-14-6-7-15(11-23)24(19(14)25)9-8-13(2)3/h8,14-15H,5-7,9-12H2,1-4H3/t14-,15+/m0/s1. The van der Waals surface area contributed by atoms with Gasteiger partial charge in [0.2, 0.25) is 5.91 Å². The van der Waals surface area contributed by atoms with E-state index in [-0.39, 0.29) is 5.92 Å². The van der Waals surface area contributed by atoms with Crippen molar-refractivity contribution in [2.45, 2.75) is 52.6 Å². The molecule has 6 heteroatoms. The van der Waals surface area contributed by atoms with E-state index in [1.54, 1.807) is 4.68 Å². The van der Waals surface area contributed by atoms with Gasteiger partial charge in [-0.2, -0.15) is 5.10 Å². The smallest absolute Gasteiger partial charge is 0.227 e. The van der Waals surface area contributed by atoms with Crippen LogP contribution in [-0.2, 0) is 24.8 Å². The van der Waals surface area contributed by atoms with E-state index >= 15 is 0 Å². The highest BCUT2D eigenvalue weighted by Gasteiger charge is 2.40. The topological polar surface area (TPSA) is 41.4 Å². The molecule has 0 N–H and O–H groups in total. The third kappa shape index (κ3) is 3.77. The van der Waals surface area contributed by atoms with Gasteiger partial charge in [-0.15, -0.1) is 0 Å². The number of allylic oxidation sites excluding steroid dienone is 1. The zero-order chi connectivity index (χ0) is 18.1. The van der Waals surface area contributed by atoms with Crippen molar-refractivity contribution >= 4 is 17.5 Å². The molecule has 0 aromatic carbocycles. The van der Waals surface area contributed by atoms with Gasteiger partial charge in [0.15, 0.2) is 0 Å². The number of aromatic nitrogens is 2. The first kappa shape index (κ1) is 18.5. The highest BCUT2D eigenvalue weighted by molar-refractivity contribution is 6.30. The summed E-state index contributed by atoms with van der Waals surface area (Å²) in [6.45, 7) is 9.56. The minimum Gasteiger partial charge on any atom is -0.334 e. The zero-order valence-electron chi connectivity index (χ0n) is 15.8. The molecule has 2 bridgehead atoms. The molecule has 0 aliphatic carbocycles. The van der Waals surface area contributed by atoms with Crippen LogP contribution in [0.1, 0.15) is 44.9 Å². The van der Waals surface area contributed by atoms with Crippen LogP contribution in [0, 0.1) is 5.92 Å². The Morgan fingerprint density at radius 2 is 2.08 bits per heavy atom. The summed E-state index contributed by atoms with van der Waals surface area (Å²) in [5.41, 5.74) is 3.45. The van der Waals surface area contributed by atoms with E-state index in [1.165, 1.54) is 5.57 Å². The minimum absolute atomic E-state index is 0.116. The highest BCUT2D eigenvalue weighted by Crippen LogP contribution is 2.31. The second-order valence-corrected chi connectivity index (χ2v) is 7.95. The summed E-state index contributed by atoms with van der Waals surface area (Å²) >= 11 is 6.47. The van der Waals surface area contributed by atoms with Crippen LogP contribution in [0.15, 0.2) is 11.6 Å². The van der Waals surface area contributed by atoms with Gasteiger partial charge in [-0.3, -0.25) is 14.4 Å². The van der Waals surface area contributed by atoms with Crippen LogP contribution in [0.25, 0.3) is 0 Å². The first-order valence-electron chi connectivity index (χ1n) is 9.27. The lowest BCUT2D eigenvalue weighted by atomic mass is 9.94. The second kappa shape index (κ2) is 7.50. The highest BCUT2D eigenvalue weighted by atomic mass is 35.5. The number of hydrogen-bond donors (Lipinski definition) is 0. The molecule has 25 heavy (non-hydrogen) atoms. The number of piperidine rings is 1. The lowest BCUT2D eigenvalue weighted by Gasteiger charge is -2.35. The van der Waals surface area contributed by atoms with Crippen molar-refractivity contribution in [3.8, 4) is 0 Å². The Balaban J connectivity index is 1.78. The average Bonchev–Trinajstić information content (AvgIpc) is 2.72. The van der Waals surface area contributed by atoms with Gasteiger partial charge in [-0.05, 0) is 33.1 Å². The molecule has 3 saturated heterocycles. The van der Waals surface area contributed by atoms with Crippen LogP contribution < -0.4 is 0 Å². The number of halogens is 1. The van der Waals surface area contributed by atoms with Crippen molar-refractivity contribution in [2.24, 2.45) is 13.0 Å². The van der Waals surface area contributed by atoms with Crippen molar-refractivity contribution in [1.82, 2.24) is 19.6 Å². The molecule has 138 valence electrons. The summed E-state index contributed by atoms with van der Waals surface area (Å²) in [5.74, 6) is 0.439. The van der Waals surface area contributed by atoms with Gasteiger partial charge < -0.3 is 4.90 Å². The summed E-state index contributed by atoms with van der Waals surface area (Å²) < 4.78 is 1.76. The number of carbonyl (C=O) groups is 1. The second-order valence-electron chi connectivity index (χ2n) is 7.59. The van der Waals surface area contributed by atoms with Crippen LogP contribution >= 0.6 is 11.6 Å². The molecule has 4 rings (SSSR count). The van der Waals surface area contributed by atoms with Crippen molar-refractivity contribution in [1.29, 1.82) is 0 Å². The molecule has 4 heterocycles. The van der Waals surface area contributed by atoms with E-state index in [9.17, 15) is 4.79 Å². The summed E-state index contributed by atoms with van der Waals surface area (Å²) in [5, 5.41) is 5.25. The monoisotopic (exact) mass is 364 g/mol. The Kier molecular flexibility index (Phi) is 5.54. The fourth-order valence-corrected chi connectivity index (χ4v) is 4.25. The van der Waals surface area contributed by atoms with E-state index in [4.69, 9.17) is 11.6 Å². The molecule has 0 unspecified atom stereocenters. The van der Waals surface area contributed by atoms with E-state index in [0.29, 0.717) is 11.9 Å². The average molecular weight is 365 g/mol. The lowest BCUT2D eigenvalue weighted by Crippen LogP contribution is -2.47. The molecule has 1 aromatic rings. The molecule has 1 aromatic heterocycles. The molecular formula is C19H29ClN4O. The fraction of sp³-hybridized carbons (Fsp3) is 0.684. The fourth-order valence-electron chi connectivity index (χ4n) is 4.04. The molecule has 1 amide bonds. The van der Waals surface area contributed by atoms with Crippen molar-refractivity contribution in [3.63, 3.8) is 0 Å². The number of fused-ring (bicyclic) bond motifs is 4. The maximum atomic E-state index is 12.8. The third-order valence-electron chi connectivity index (χ3n) is 5.43. The number of rotatable bonds is 5. The van der Waals surface area contributed by atoms with Crippen LogP contribution in [0.4, 0.5) is 0 Å². The molecular weight excluding hydrogens is 336 g/mol. The largest absolute Gasteiger partial charge is 0.334 e. The summed E-state index contributed by atoms with van der Waals surface area (Å²) in [7, 11) is 1.89. The third-order valence-corrected chi connectivity index (χ3v) is 5.91. The van der Waals surface area contributed by atoms with Crippen LogP contribution in [-0.4, -0.2) is 51.2 Å². The first-order valence-corrected chi connectivity index (χ1v) is 9.65. The van der Waals surface area contributed by atoms with Crippen LogP contribution in [0.3, 0.4) is 0 Å². The van der Waals surface area contributed by atoms with Crippen molar-refractivity contribution < 1.29 is 4.79 Å². The number of nitrogens with zero attached hydrogens (tertiary/aromatic N) is 4. The number of aryl methyl sites for hydroxylation is 2. The number of amides is 1. The zero-order valence-corrected chi connectivity index (χ0v) is 16.5. The molecule has 3 fully saturated rings. The van der Waals surface area contributed by atoms with Gasteiger partial charge in [0, 0.05) is 44.8 Å². The molecule has 2 atom stereocenters. The summed E-state index contributed by atoms with van der Waals surface area (Å²) in [6, 6.07) is 0.308. The van der Waals surface area contributed by atoms with Gasteiger partial charge >= 0.3 is 0 Å². The van der Waals surface area contributed by atoms with Gasteiger partial charge in [0.05, 0.1) is 11.6 Å². The molecule has 0 radical (unpaired) electrons. The molecule has 5 nitrogen and oxygen atoms in total. The van der Waals surface area contributed by atoms with E-state index in [0.717, 1.165) is 61.9 Å². The van der Waals surface area contributed by atoms with E-state index < -0.39 is 0 Å². The van der Waals surface area contributed by atoms with Crippen LogP contribution in [0.2, 0.25) is 5.15 Å². The summed E-state index contributed by atoms with van der Waals surface area (Å²) in [4.78, 5) is 17.3. The predicted molar refractivity (Wildman–Crippen MR) is 101 cm³/mol. The molecule has 3 aliphatic rings. The quantitative estimate of drug-likeness (QED) is 0.754. The molecule has 0 saturated carbocycles. The van der Waals surface area contributed by atoms with E-state index in [2.05, 4.69) is 41.7 Å². The van der Waals surface area contributed by atoms with E-state index in [1.807, 2.05) is 7.05 Å². The minimum atomic E-state index is 0.116. The van der Waals surface area contributed by atoms with Gasteiger partial charge in [0.1, 0.15) is 5.15 Å². The predicted octanol–water partition coefficient (Wildman–Crippen LogP) is 3.02. The Hall–Kier alpha value is -1.33. The van der Waals surface area contributed by atoms with Gasteiger partial charge in [0.25, 0.3) is 0 Å². The number of hydrogen-bond acceptors (Lipinski definition) is 3.